The van der Waals surface area contributed by atoms with E-state index in [1.807, 2.05) is 41.3 Å². The molecule has 3 N–H and O–H groups in total. The van der Waals surface area contributed by atoms with Gasteiger partial charge in [-0.1, -0.05) is 36.4 Å². The predicted octanol–water partition coefficient (Wildman–Crippen LogP) is 2.99. The highest BCUT2D eigenvalue weighted by Gasteiger charge is 2.25. The summed E-state index contributed by atoms with van der Waals surface area (Å²) in [6, 6.07) is 15.1. The number of rotatable bonds is 6. The van der Waals surface area contributed by atoms with E-state index in [0.29, 0.717) is 12.2 Å². The van der Waals surface area contributed by atoms with Gasteiger partial charge in [0.25, 0.3) is 0 Å². The third-order valence-electron chi connectivity index (χ3n) is 4.49. The lowest BCUT2D eigenvalue weighted by molar-refractivity contribution is -0.138. The quantitative estimate of drug-likeness (QED) is 0.764. The highest BCUT2D eigenvalue weighted by Crippen LogP contribution is 2.36. The molecule has 1 aliphatic rings. The Labute approximate surface area is 157 Å². The van der Waals surface area contributed by atoms with E-state index in [-0.39, 0.29) is 11.7 Å². The molecule has 0 saturated heterocycles. The number of carboxylic acid groups (broad SMARTS) is 1. The lowest BCUT2D eigenvalue weighted by atomic mass is 10.0. The number of amides is 1. The van der Waals surface area contributed by atoms with Crippen molar-refractivity contribution in [3.63, 3.8) is 0 Å². The van der Waals surface area contributed by atoms with E-state index in [9.17, 15) is 9.59 Å². The van der Waals surface area contributed by atoms with Crippen LogP contribution in [0.4, 0.5) is 11.4 Å². The highest BCUT2D eigenvalue weighted by atomic mass is 32.2. The van der Waals surface area contributed by atoms with Crippen LogP contribution in [0.1, 0.15) is 17.5 Å². The van der Waals surface area contributed by atoms with Crippen molar-refractivity contribution in [2.75, 3.05) is 16.4 Å². The Balaban J connectivity index is 1.77. The molecule has 136 valence electrons. The number of carbonyl (C=O) groups excluding carboxylic acids is 1. The zero-order chi connectivity index (χ0) is 18.5. The van der Waals surface area contributed by atoms with Crippen molar-refractivity contribution in [1.29, 1.82) is 0 Å². The van der Waals surface area contributed by atoms with Gasteiger partial charge in [-0.15, -0.1) is 0 Å². The molecule has 0 spiro atoms. The molecule has 1 aliphatic heterocycles. The summed E-state index contributed by atoms with van der Waals surface area (Å²) in [6.45, 7) is 0. The van der Waals surface area contributed by atoms with Gasteiger partial charge >= 0.3 is 5.97 Å². The third kappa shape index (κ3) is 4.08. The number of para-hydroxylation sites is 2. The van der Waals surface area contributed by atoms with Crippen molar-refractivity contribution in [2.24, 2.45) is 5.73 Å². The Bertz CT molecular complexity index is 762. The predicted molar refractivity (Wildman–Crippen MR) is 105 cm³/mol. The fraction of sp³-hybridized carbons (Fsp3) is 0.300. The van der Waals surface area contributed by atoms with Gasteiger partial charge in [0.05, 0.1) is 17.1 Å². The molecular weight excluding hydrogens is 348 g/mol. The van der Waals surface area contributed by atoms with Crippen LogP contribution >= 0.6 is 11.8 Å². The molecule has 0 bridgehead atoms. The van der Waals surface area contributed by atoms with E-state index in [4.69, 9.17) is 10.8 Å². The summed E-state index contributed by atoms with van der Waals surface area (Å²) in [6.07, 6.45) is 2.15. The maximum absolute atomic E-state index is 13.0. The van der Waals surface area contributed by atoms with Gasteiger partial charge in [-0.2, -0.15) is 11.8 Å². The van der Waals surface area contributed by atoms with Crippen molar-refractivity contribution in [3.8, 4) is 0 Å². The SMILES string of the molecule is NC(CCSCC(=O)N1c2ccccc2CCc2ccccc21)C(=O)O. The van der Waals surface area contributed by atoms with Crippen LogP contribution in [0.5, 0.6) is 0 Å². The molecule has 1 amide bonds. The minimum Gasteiger partial charge on any atom is -0.480 e. The Hall–Kier alpha value is -2.31. The fourth-order valence-electron chi connectivity index (χ4n) is 3.11. The number of hydrogen-bond acceptors (Lipinski definition) is 4. The van der Waals surface area contributed by atoms with Gasteiger partial charge in [-0.25, -0.2) is 0 Å². The Morgan fingerprint density at radius 2 is 1.58 bits per heavy atom. The zero-order valence-electron chi connectivity index (χ0n) is 14.4. The van der Waals surface area contributed by atoms with Crippen molar-refractivity contribution < 1.29 is 14.7 Å². The van der Waals surface area contributed by atoms with Gasteiger partial charge in [0.2, 0.25) is 5.91 Å². The van der Waals surface area contributed by atoms with Crippen molar-refractivity contribution in [1.82, 2.24) is 0 Å². The first-order chi connectivity index (χ1) is 12.6. The second kappa shape index (κ2) is 8.38. The van der Waals surface area contributed by atoms with Crippen LogP contribution in [0, 0.1) is 0 Å². The number of aliphatic carboxylic acids is 1. The number of aryl methyl sites for hydroxylation is 2. The molecule has 0 aromatic heterocycles. The van der Waals surface area contributed by atoms with Crippen LogP contribution in [-0.4, -0.2) is 34.5 Å². The monoisotopic (exact) mass is 370 g/mol. The third-order valence-corrected chi connectivity index (χ3v) is 5.47. The first kappa shape index (κ1) is 18.5. The van der Waals surface area contributed by atoms with E-state index in [0.717, 1.165) is 35.3 Å². The molecule has 26 heavy (non-hydrogen) atoms. The number of carboxylic acids is 1. The maximum Gasteiger partial charge on any atom is 0.320 e. The zero-order valence-corrected chi connectivity index (χ0v) is 15.2. The molecule has 0 aliphatic carbocycles. The summed E-state index contributed by atoms with van der Waals surface area (Å²) in [5.74, 6) is -0.182. The van der Waals surface area contributed by atoms with E-state index in [1.165, 1.54) is 11.8 Å². The standard InChI is InChI=1S/C20H22N2O3S/c21-16(20(24)25)11-12-26-13-19(23)22-17-7-3-1-5-14(17)9-10-15-6-2-4-8-18(15)22/h1-8,16H,9-13,21H2,(H,24,25). The van der Waals surface area contributed by atoms with Crippen LogP contribution in [0.3, 0.4) is 0 Å². The second-order valence-corrected chi connectivity index (χ2v) is 7.38. The smallest absolute Gasteiger partial charge is 0.320 e. The molecule has 0 fully saturated rings. The molecule has 2 aromatic carbocycles. The number of nitrogens with zero attached hydrogens (tertiary/aromatic N) is 1. The average Bonchev–Trinajstić information content (AvgIpc) is 2.81. The van der Waals surface area contributed by atoms with Gasteiger partial charge in [0.1, 0.15) is 6.04 Å². The van der Waals surface area contributed by atoms with Crippen molar-refractivity contribution in [2.45, 2.75) is 25.3 Å². The van der Waals surface area contributed by atoms with Gasteiger partial charge < -0.3 is 10.8 Å². The summed E-state index contributed by atoms with van der Waals surface area (Å²) >= 11 is 1.42. The number of benzene rings is 2. The summed E-state index contributed by atoms with van der Waals surface area (Å²) in [5, 5.41) is 8.83. The van der Waals surface area contributed by atoms with Crippen molar-refractivity contribution in [3.05, 3.63) is 59.7 Å². The van der Waals surface area contributed by atoms with Crippen LogP contribution in [0.15, 0.2) is 48.5 Å². The molecule has 3 rings (SSSR count). The average molecular weight is 370 g/mol. The van der Waals surface area contributed by atoms with E-state index in [2.05, 4.69) is 12.1 Å². The van der Waals surface area contributed by atoms with E-state index in [1.54, 1.807) is 0 Å². The molecule has 1 unspecified atom stereocenters. The molecule has 1 atom stereocenters. The van der Waals surface area contributed by atoms with Gasteiger partial charge in [0, 0.05) is 0 Å². The molecule has 6 heteroatoms. The van der Waals surface area contributed by atoms with E-state index >= 15 is 0 Å². The Morgan fingerprint density at radius 1 is 1.04 bits per heavy atom. The summed E-state index contributed by atoms with van der Waals surface area (Å²) in [4.78, 5) is 25.6. The number of carbonyl (C=O) groups is 2. The molecule has 1 heterocycles. The topological polar surface area (TPSA) is 83.6 Å². The first-order valence-corrected chi connectivity index (χ1v) is 9.78. The lowest BCUT2D eigenvalue weighted by Crippen LogP contribution is -2.31. The Morgan fingerprint density at radius 3 is 2.12 bits per heavy atom. The molecular formula is C20H22N2O3S. The molecule has 2 aromatic rings. The fourth-order valence-corrected chi connectivity index (χ4v) is 3.98. The number of nitrogens with two attached hydrogens (primary N) is 1. The van der Waals surface area contributed by atoms with Crippen LogP contribution in [-0.2, 0) is 22.4 Å². The Kier molecular flexibility index (Phi) is 5.96. The van der Waals surface area contributed by atoms with Gasteiger partial charge in [-0.05, 0) is 48.3 Å². The second-order valence-electron chi connectivity index (χ2n) is 6.27. The summed E-state index contributed by atoms with van der Waals surface area (Å²) in [5.41, 5.74) is 9.71. The summed E-state index contributed by atoms with van der Waals surface area (Å²) < 4.78 is 0. The maximum atomic E-state index is 13.0. The minimum absolute atomic E-state index is 0.000645. The number of thioether (sulfide) groups is 1. The van der Waals surface area contributed by atoms with Gasteiger partial charge in [0.15, 0.2) is 0 Å². The number of fused-ring (bicyclic) bond motifs is 2. The molecule has 5 nitrogen and oxygen atoms in total. The van der Waals surface area contributed by atoms with Crippen LogP contribution < -0.4 is 10.6 Å². The van der Waals surface area contributed by atoms with Gasteiger partial charge in [-0.3, -0.25) is 14.5 Å². The number of hydrogen-bond donors (Lipinski definition) is 2. The largest absolute Gasteiger partial charge is 0.480 e. The normalized spacial score (nSPS) is 14.1. The summed E-state index contributed by atoms with van der Waals surface area (Å²) in [7, 11) is 0. The number of anilines is 2. The lowest BCUT2D eigenvalue weighted by Gasteiger charge is -2.25. The first-order valence-electron chi connectivity index (χ1n) is 8.63. The van der Waals surface area contributed by atoms with Crippen molar-refractivity contribution >= 4 is 35.0 Å². The minimum atomic E-state index is -1.01. The molecule has 0 radical (unpaired) electrons. The highest BCUT2D eigenvalue weighted by molar-refractivity contribution is 7.99. The molecule has 0 saturated carbocycles. The van der Waals surface area contributed by atoms with Crippen LogP contribution in [0.2, 0.25) is 0 Å². The van der Waals surface area contributed by atoms with E-state index < -0.39 is 12.0 Å². The van der Waals surface area contributed by atoms with Crippen LogP contribution in [0.25, 0.3) is 0 Å².